The first kappa shape index (κ1) is 14.4. The van der Waals surface area contributed by atoms with Crippen LogP contribution in [0.5, 0.6) is 0 Å². The van der Waals surface area contributed by atoms with Gasteiger partial charge in [0.1, 0.15) is 6.61 Å². The van der Waals surface area contributed by atoms with E-state index in [1.54, 1.807) is 0 Å². The van der Waals surface area contributed by atoms with E-state index in [9.17, 15) is 8.42 Å². The Morgan fingerprint density at radius 3 is 2.36 bits per heavy atom. The zero-order valence-electron chi connectivity index (χ0n) is 6.61. The van der Waals surface area contributed by atoms with Crippen molar-refractivity contribution in [3.63, 3.8) is 0 Å². The van der Waals surface area contributed by atoms with E-state index in [1.165, 1.54) is 6.92 Å². The molecule has 0 spiro atoms. The summed E-state index contributed by atoms with van der Waals surface area (Å²) in [5.74, 6) is -0.140. The minimum atomic E-state index is -3.53. The van der Waals surface area contributed by atoms with Gasteiger partial charge in [-0.05, 0) is 6.92 Å². The molecule has 0 saturated heterocycles. The van der Waals surface area contributed by atoms with Crippen molar-refractivity contribution in [2.45, 2.75) is 6.92 Å². The summed E-state index contributed by atoms with van der Waals surface area (Å²) in [5.41, 5.74) is 0. The van der Waals surface area contributed by atoms with Crippen LogP contribution in [0.25, 0.3) is 0 Å². The summed E-state index contributed by atoms with van der Waals surface area (Å²) < 4.78 is 24.8. The molecule has 63 valence electrons. The molecular weight excluding hydrogens is 183 g/mol. The van der Waals surface area contributed by atoms with Crippen molar-refractivity contribution < 1.29 is 22.7 Å². The molecule has 0 bridgehead atoms. The van der Waals surface area contributed by atoms with Crippen LogP contribution < -0.4 is 0 Å². The molecule has 0 aliphatic carbocycles. The van der Waals surface area contributed by atoms with E-state index in [2.05, 4.69) is 9.22 Å². The van der Waals surface area contributed by atoms with Crippen LogP contribution in [0, 0.1) is 0 Å². The second-order valence-electron chi connectivity index (χ2n) is 1.46. The van der Waals surface area contributed by atoms with Crippen molar-refractivity contribution in [1.29, 1.82) is 0 Å². The Kier molecular flexibility index (Phi) is 9.76. The molecule has 0 aliphatic rings. The van der Waals surface area contributed by atoms with Crippen LogP contribution in [0.4, 0.5) is 0 Å². The predicted octanol–water partition coefficient (Wildman–Crippen LogP) is -1.10. The fraction of sp³-hybridized carbons (Fsp3) is 1.00. The van der Waals surface area contributed by atoms with Gasteiger partial charge in [-0.1, -0.05) is 0 Å². The van der Waals surface area contributed by atoms with Gasteiger partial charge in [0.25, 0.3) is 10.1 Å². The maximum atomic E-state index is 10.4. The molecule has 0 heterocycles. The van der Waals surface area contributed by atoms with E-state index in [0.717, 1.165) is 0 Å². The Balaban J connectivity index is 0. The third kappa shape index (κ3) is 8.74. The smallest absolute Gasteiger partial charge is 0.293 e. The largest absolute Gasteiger partial charge is 0.394 e. The Morgan fingerprint density at radius 2 is 2.00 bits per heavy atom. The zero-order valence-corrected chi connectivity index (χ0v) is 9.43. The normalized spacial score (nSPS) is 10.7. The monoisotopic (exact) mass is 193 g/mol. The molecule has 11 heavy (non-hydrogen) atoms. The van der Waals surface area contributed by atoms with Crippen LogP contribution in [0.1, 0.15) is 6.92 Å². The summed E-state index contributed by atoms with van der Waals surface area (Å²) in [4.78, 5) is 4.10. The van der Waals surface area contributed by atoms with Gasteiger partial charge in [-0.15, -0.1) is 4.33 Å². The average molecular weight is 193 g/mol. The van der Waals surface area contributed by atoms with E-state index in [0.29, 0.717) is 0 Å². The molecule has 0 saturated carbocycles. The Morgan fingerprint density at radius 1 is 1.45 bits per heavy atom. The van der Waals surface area contributed by atoms with E-state index >= 15 is 0 Å². The van der Waals surface area contributed by atoms with Gasteiger partial charge in [-0.3, -0.25) is 0 Å². The molecule has 0 fully saturated rings. The first-order chi connectivity index (χ1) is 4.62. The second-order valence-corrected chi connectivity index (χ2v) is 3.29. The Labute approximate surface area is 88.0 Å². The number of hydrogen-bond acceptors (Lipinski definition) is 5. The van der Waals surface area contributed by atoms with Crippen molar-refractivity contribution >= 4 is 39.7 Å². The maximum absolute atomic E-state index is 10.4. The van der Waals surface area contributed by atoms with Gasteiger partial charge >= 0.3 is 0 Å². The first-order valence-electron chi connectivity index (χ1n) is 2.77. The van der Waals surface area contributed by atoms with Gasteiger partial charge in [-0.2, -0.15) is 8.42 Å². The van der Waals surface area contributed by atoms with Gasteiger partial charge in [0.05, 0.1) is 12.4 Å². The van der Waals surface area contributed by atoms with Gasteiger partial charge < -0.3 is 5.11 Å². The molecule has 0 amide bonds. The quantitative estimate of drug-likeness (QED) is 0.259. The summed E-state index contributed by atoms with van der Waals surface area (Å²) in [6.45, 7) is 1.02. The summed E-state index contributed by atoms with van der Waals surface area (Å²) in [6.07, 6.45) is 0. The van der Waals surface area contributed by atoms with Crippen LogP contribution in [-0.2, 0) is 19.3 Å². The zero-order chi connectivity index (χ0) is 8.04. The van der Waals surface area contributed by atoms with Gasteiger partial charge in [0, 0.05) is 29.6 Å². The molecule has 1 radical (unpaired) electrons. The fourth-order valence-electron chi connectivity index (χ4n) is 0.193. The Hall–Kier alpha value is 0.830. The van der Waals surface area contributed by atoms with Crippen molar-refractivity contribution in [3.05, 3.63) is 0 Å². The van der Waals surface area contributed by atoms with Crippen molar-refractivity contribution in [2.24, 2.45) is 0 Å². The molecule has 7 heteroatoms. The molecule has 1 N–H and O–H groups in total. The predicted molar refractivity (Wildman–Crippen MR) is 39.3 cm³/mol. The number of aliphatic hydroxyl groups is 1. The SMILES string of the molecule is CCS(=O)(=O)OOCCO.[Na]. The van der Waals surface area contributed by atoms with Crippen molar-refractivity contribution in [3.8, 4) is 0 Å². The topological polar surface area (TPSA) is 72.8 Å². The van der Waals surface area contributed by atoms with Gasteiger partial charge in [0.15, 0.2) is 0 Å². The van der Waals surface area contributed by atoms with Crippen LogP contribution in [0.2, 0.25) is 0 Å². The number of rotatable bonds is 5. The second kappa shape index (κ2) is 7.48. The first-order valence-corrected chi connectivity index (χ1v) is 4.34. The number of aliphatic hydroxyl groups excluding tert-OH is 1. The van der Waals surface area contributed by atoms with E-state index in [-0.39, 0.29) is 48.5 Å². The summed E-state index contributed by atoms with van der Waals surface area (Å²) in [6, 6.07) is 0. The standard InChI is InChI=1S/C4H10O5S.Na/c1-2-10(6,7)9-8-4-3-5;/h5H,2-4H2,1H3;. The minimum Gasteiger partial charge on any atom is -0.394 e. The third-order valence-corrected chi connectivity index (χ3v) is 1.69. The third-order valence-electron chi connectivity index (χ3n) is 0.680. The van der Waals surface area contributed by atoms with Crippen LogP contribution in [0.15, 0.2) is 0 Å². The van der Waals surface area contributed by atoms with Crippen molar-refractivity contribution in [1.82, 2.24) is 0 Å². The number of hydrogen-bond donors (Lipinski definition) is 1. The summed E-state index contributed by atoms with van der Waals surface area (Å²) >= 11 is 0. The van der Waals surface area contributed by atoms with E-state index in [4.69, 9.17) is 5.11 Å². The Bertz CT molecular complexity index is 165. The van der Waals surface area contributed by atoms with Crippen molar-refractivity contribution in [2.75, 3.05) is 19.0 Å². The fourth-order valence-corrected chi connectivity index (χ4v) is 0.504. The van der Waals surface area contributed by atoms with Crippen LogP contribution in [-0.4, -0.2) is 62.0 Å². The van der Waals surface area contributed by atoms with Crippen LogP contribution >= 0.6 is 0 Å². The molecule has 0 atom stereocenters. The minimum absolute atomic E-state index is 0. The molecule has 0 aliphatic heterocycles. The molecule has 5 nitrogen and oxygen atoms in total. The summed E-state index contributed by atoms with van der Waals surface area (Å²) in [7, 11) is -3.53. The summed E-state index contributed by atoms with van der Waals surface area (Å²) in [5, 5.41) is 8.14. The van der Waals surface area contributed by atoms with Crippen LogP contribution in [0.3, 0.4) is 0 Å². The molecular formula is C4H10NaO5S. The molecule has 0 aromatic carbocycles. The van der Waals surface area contributed by atoms with Gasteiger partial charge in [-0.25, -0.2) is 4.89 Å². The average Bonchev–Trinajstić information content (AvgIpc) is 1.89. The molecule has 0 aromatic rings. The molecule has 0 unspecified atom stereocenters. The van der Waals surface area contributed by atoms with E-state index in [1.807, 2.05) is 0 Å². The van der Waals surface area contributed by atoms with Gasteiger partial charge in [0.2, 0.25) is 0 Å². The molecule has 0 rings (SSSR count). The molecule has 0 aromatic heterocycles. The maximum Gasteiger partial charge on any atom is 0.293 e. The van der Waals surface area contributed by atoms with E-state index < -0.39 is 10.1 Å².